The Morgan fingerprint density at radius 1 is 1.19 bits per heavy atom. The van der Waals surface area contributed by atoms with Crippen LogP contribution in [0.5, 0.6) is 0 Å². The van der Waals surface area contributed by atoms with Crippen LogP contribution in [-0.2, 0) is 4.74 Å². The zero-order valence-corrected chi connectivity index (χ0v) is 17.2. The minimum atomic E-state index is -0.186. The van der Waals surface area contributed by atoms with Gasteiger partial charge in [-0.15, -0.1) is 0 Å². The van der Waals surface area contributed by atoms with Gasteiger partial charge in [0.25, 0.3) is 5.91 Å². The Hall–Kier alpha value is -2.18. The van der Waals surface area contributed by atoms with E-state index in [0.29, 0.717) is 18.1 Å². The molecule has 1 amide bonds. The highest BCUT2D eigenvalue weighted by atomic mass is 79.9. The highest BCUT2D eigenvalue weighted by Crippen LogP contribution is 2.15. The number of nitrogens with one attached hydrogen (secondary N) is 2. The fourth-order valence-electron chi connectivity index (χ4n) is 2.82. The van der Waals surface area contributed by atoms with Gasteiger partial charge in [0.15, 0.2) is 0 Å². The third kappa shape index (κ3) is 5.65. The average Bonchev–Trinajstić information content (AvgIpc) is 3.17. The van der Waals surface area contributed by atoms with Gasteiger partial charge in [0.1, 0.15) is 0 Å². The lowest BCUT2D eigenvalue weighted by Gasteiger charge is -2.14. The Morgan fingerprint density at radius 3 is 2.63 bits per heavy atom. The van der Waals surface area contributed by atoms with Crippen LogP contribution in [-0.4, -0.2) is 31.1 Å². The number of hydrogen-bond donors (Lipinski definition) is 2. The number of benzene rings is 2. The molecule has 1 fully saturated rings. The maximum atomic E-state index is 12.7. The first-order valence-electron chi connectivity index (χ1n) is 9.08. The van der Waals surface area contributed by atoms with Crippen molar-refractivity contribution >= 4 is 33.5 Å². The summed E-state index contributed by atoms with van der Waals surface area (Å²) < 4.78 is 6.62. The molecule has 0 aromatic heterocycles. The third-order valence-corrected chi connectivity index (χ3v) is 5.11. The lowest BCUT2D eigenvalue weighted by molar-refractivity contribution is 0.0975. The maximum absolute atomic E-state index is 12.7. The van der Waals surface area contributed by atoms with Crippen molar-refractivity contribution in [1.29, 1.82) is 0 Å². The standard InChI is InChI=1S/C21H24BrN3O2/c1-14-5-6-16(12-15(14)2)20(26)25-21(23-13-19-4-3-11-27-19)24-18-9-7-17(22)8-10-18/h5-10,12,19H,3-4,11,13H2,1-2H3,(H2,23,24,25,26)/t19-/m0/s1. The number of hydrogen-bond acceptors (Lipinski definition) is 3. The molecular weight excluding hydrogens is 406 g/mol. The molecule has 1 aliphatic rings. The van der Waals surface area contributed by atoms with Gasteiger partial charge in [-0.25, -0.2) is 4.99 Å². The number of carbonyl (C=O) groups is 1. The second-order valence-electron chi connectivity index (χ2n) is 6.71. The van der Waals surface area contributed by atoms with Crippen molar-refractivity contribution in [2.75, 3.05) is 18.5 Å². The summed E-state index contributed by atoms with van der Waals surface area (Å²) in [5.41, 5.74) is 3.71. The quantitative estimate of drug-likeness (QED) is 0.557. The summed E-state index contributed by atoms with van der Waals surface area (Å²) in [7, 11) is 0. The Bertz CT molecular complexity index is 828. The van der Waals surface area contributed by atoms with Crippen LogP contribution < -0.4 is 10.6 Å². The molecule has 6 heteroatoms. The number of carbonyl (C=O) groups excluding carboxylic acids is 1. The van der Waals surface area contributed by atoms with Crippen molar-refractivity contribution < 1.29 is 9.53 Å². The van der Waals surface area contributed by atoms with Crippen LogP contribution >= 0.6 is 15.9 Å². The lowest BCUT2D eigenvalue weighted by atomic mass is 10.1. The first-order valence-corrected chi connectivity index (χ1v) is 9.88. The highest BCUT2D eigenvalue weighted by Gasteiger charge is 2.16. The van der Waals surface area contributed by atoms with E-state index in [1.807, 2.05) is 56.3 Å². The van der Waals surface area contributed by atoms with Crippen molar-refractivity contribution in [3.8, 4) is 0 Å². The SMILES string of the molecule is Cc1ccc(C(=O)NC(=NC[C@@H]2CCCO2)Nc2ccc(Br)cc2)cc1C. The lowest BCUT2D eigenvalue weighted by Crippen LogP contribution is -2.36. The molecule has 0 saturated carbocycles. The molecule has 2 N–H and O–H groups in total. The van der Waals surface area contributed by atoms with Gasteiger partial charge in [-0.1, -0.05) is 22.0 Å². The Kier molecular flexibility index (Phi) is 6.63. The number of halogens is 1. The van der Waals surface area contributed by atoms with E-state index in [9.17, 15) is 4.79 Å². The molecule has 0 aliphatic carbocycles. The number of anilines is 1. The molecule has 0 unspecified atom stereocenters. The molecule has 142 valence electrons. The van der Waals surface area contributed by atoms with E-state index >= 15 is 0 Å². The molecule has 5 nitrogen and oxygen atoms in total. The number of nitrogens with zero attached hydrogens (tertiary/aromatic N) is 1. The summed E-state index contributed by atoms with van der Waals surface area (Å²) >= 11 is 3.43. The zero-order chi connectivity index (χ0) is 19.2. The first kappa shape index (κ1) is 19.6. The number of rotatable bonds is 4. The maximum Gasteiger partial charge on any atom is 0.257 e. The number of amides is 1. The van der Waals surface area contributed by atoms with Crippen molar-refractivity contribution in [3.63, 3.8) is 0 Å². The van der Waals surface area contributed by atoms with Crippen LogP contribution in [0, 0.1) is 13.8 Å². The number of guanidine groups is 1. The molecule has 2 aromatic carbocycles. The monoisotopic (exact) mass is 429 g/mol. The summed E-state index contributed by atoms with van der Waals surface area (Å²) in [5.74, 6) is 0.241. The molecule has 3 rings (SSSR count). The fraction of sp³-hybridized carbons (Fsp3) is 0.333. The Morgan fingerprint density at radius 2 is 1.96 bits per heavy atom. The summed E-state index contributed by atoms with van der Waals surface area (Å²) in [4.78, 5) is 17.3. The second-order valence-corrected chi connectivity index (χ2v) is 7.63. The van der Waals surface area contributed by atoms with Gasteiger partial charge in [0.05, 0.1) is 12.6 Å². The van der Waals surface area contributed by atoms with Crippen molar-refractivity contribution in [2.45, 2.75) is 32.8 Å². The van der Waals surface area contributed by atoms with Crippen LogP contribution in [0.2, 0.25) is 0 Å². The largest absolute Gasteiger partial charge is 0.376 e. The fourth-order valence-corrected chi connectivity index (χ4v) is 3.09. The zero-order valence-electron chi connectivity index (χ0n) is 15.6. The minimum absolute atomic E-state index is 0.116. The van der Waals surface area contributed by atoms with Gasteiger partial charge in [0, 0.05) is 22.3 Å². The predicted octanol–water partition coefficient (Wildman–Crippen LogP) is 4.44. The van der Waals surface area contributed by atoms with Gasteiger partial charge in [-0.3, -0.25) is 10.1 Å². The van der Waals surface area contributed by atoms with E-state index in [1.165, 1.54) is 0 Å². The van der Waals surface area contributed by atoms with E-state index in [0.717, 1.165) is 40.7 Å². The van der Waals surface area contributed by atoms with E-state index < -0.39 is 0 Å². The van der Waals surface area contributed by atoms with Crippen LogP contribution in [0.4, 0.5) is 5.69 Å². The number of ether oxygens (including phenoxy) is 1. The summed E-state index contributed by atoms with van der Waals surface area (Å²) in [6.07, 6.45) is 2.18. The third-order valence-electron chi connectivity index (χ3n) is 4.59. The number of aliphatic imine (C=N–C) groups is 1. The smallest absolute Gasteiger partial charge is 0.257 e. The van der Waals surface area contributed by atoms with Crippen LogP contribution in [0.1, 0.15) is 34.3 Å². The summed E-state index contributed by atoms with van der Waals surface area (Å²) in [6.45, 7) is 5.33. The minimum Gasteiger partial charge on any atom is -0.376 e. The Labute approximate surface area is 168 Å². The van der Waals surface area contributed by atoms with E-state index in [1.54, 1.807) is 0 Å². The molecule has 2 aromatic rings. The molecule has 27 heavy (non-hydrogen) atoms. The van der Waals surface area contributed by atoms with Gasteiger partial charge in [-0.2, -0.15) is 0 Å². The van der Waals surface area contributed by atoms with E-state index in [4.69, 9.17) is 4.74 Å². The molecule has 1 heterocycles. The normalized spacial score (nSPS) is 17.0. The van der Waals surface area contributed by atoms with Crippen LogP contribution in [0.3, 0.4) is 0 Å². The summed E-state index contributed by atoms with van der Waals surface area (Å²) in [5, 5.41) is 6.10. The molecule has 1 aliphatic heterocycles. The molecule has 1 saturated heterocycles. The van der Waals surface area contributed by atoms with E-state index in [2.05, 4.69) is 31.6 Å². The number of aryl methyl sites for hydroxylation is 2. The predicted molar refractivity (Wildman–Crippen MR) is 112 cm³/mol. The Balaban J connectivity index is 1.75. The summed E-state index contributed by atoms with van der Waals surface area (Å²) in [6, 6.07) is 13.4. The molecule has 0 bridgehead atoms. The van der Waals surface area contributed by atoms with Crippen molar-refractivity contribution in [2.24, 2.45) is 4.99 Å². The molecule has 1 atom stereocenters. The van der Waals surface area contributed by atoms with Crippen molar-refractivity contribution in [3.05, 3.63) is 63.6 Å². The highest BCUT2D eigenvalue weighted by molar-refractivity contribution is 9.10. The molecular formula is C21H24BrN3O2. The second kappa shape index (κ2) is 9.15. The van der Waals surface area contributed by atoms with Gasteiger partial charge >= 0.3 is 0 Å². The van der Waals surface area contributed by atoms with Crippen molar-refractivity contribution in [1.82, 2.24) is 5.32 Å². The van der Waals surface area contributed by atoms with Crippen LogP contribution in [0.25, 0.3) is 0 Å². The van der Waals surface area contributed by atoms with E-state index in [-0.39, 0.29) is 12.0 Å². The van der Waals surface area contributed by atoms with Gasteiger partial charge in [0.2, 0.25) is 5.96 Å². The first-order chi connectivity index (χ1) is 13.0. The van der Waals surface area contributed by atoms with Gasteiger partial charge in [-0.05, 0) is 74.2 Å². The topological polar surface area (TPSA) is 62.7 Å². The molecule has 0 radical (unpaired) electrons. The van der Waals surface area contributed by atoms with Crippen LogP contribution in [0.15, 0.2) is 51.9 Å². The molecule has 0 spiro atoms. The average molecular weight is 430 g/mol. The van der Waals surface area contributed by atoms with Gasteiger partial charge < -0.3 is 10.1 Å².